The molecule has 1 heterocycles. The van der Waals surface area contributed by atoms with Crippen LogP contribution in [0.25, 0.3) is 0 Å². The number of ether oxygens (including phenoxy) is 1. The van der Waals surface area contributed by atoms with Gasteiger partial charge in [0.2, 0.25) is 11.8 Å². The number of amidine groups is 1. The Kier molecular flexibility index (Phi) is 8.09. The molecular formula is C22H22ClF2N3O3S. The lowest BCUT2D eigenvalue weighted by Gasteiger charge is -2.18. The molecule has 0 radical (unpaired) electrons. The second-order valence-electron chi connectivity index (χ2n) is 7.48. The summed E-state index contributed by atoms with van der Waals surface area (Å²) < 4.78 is 29.0. The zero-order valence-electron chi connectivity index (χ0n) is 17.4. The summed E-state index contributed by atoms with van der Waals surface area (Å²) in [7, 11) is 0. The zero-order valence-corrected chi connectivity index (χ0v) is 19.0. The van der Waals surface area contributed by atoms with Crippen LogP contribution in [-0.2, 0) is 9.59 Å². The van der Waals surface area contributed by atoms with Crippen LogP contribution >= 0.6 is 23.4 Å². The molecular weight excluding hydrogens is 460 g/mol. The minimum Gasteiger partial charge on any atom is -0.435 e. The molecule has 2 aromatic rings. The Labute approximate surface area is 194 Å². The number of rotatable bonds is 8. The highest BCUT2D eigenvalue weighted by Crippen LogP contribution is 2.33. The number of carbonyl (C=O) groups excluding carboxylic acids is 2. The van der Waals surface area contributed by atoms with Crippen molar-refractivity contribution in [3.8, 4) is 5.75 Å². The molecule has 0 saturated carbocycles. The fraction of sp³-hybridized carbons (Fsp3) is 0.318. The monoisotopic (exact) mass is 481 g/mol. The quantitative estimate of drug-likeness (QED) is 0.536. The summed E-state index contributed by atoms with van der Waals surface area (Å²) in [5.41, 5.74) is 1.04. The van der Waals surface area contributed by atoms with Gasteiger partial charge < -0.3 is 10.1 Å². The fourth-order valence-corrected chi connectivity index (χ4v) is 4.37. The van der Waals surface area contributed by atoms with Crippen LogP contribution in [0.2, 0.25) is 5.02 Å². The average molecular weight is 482 g/mol. The molecule has 3 rings (SSSR count). The van der Waals surface area contributed by atoms with Crippen LogP contribution in [0.5, 0.6) is 5.75 Å². The third-order valence-electron chi connectivity index (χ3n) is 4.33. The van der Waals surface area contributed by atoms with Gasteiger partial charge in [0.1, 0.15) is 11.0 Å². The summed E-state index contributed by atoms with van der Waals surface area (Å²) in [6, 6.07) is 12.6. The lowest BCUT2D eigenvalue weighted by atomic mass is 10.2. The third-order valence-corrected chi connectivity index (χ3v) is 5.74. The van der Waals surface area contributed by atoms with Gasteiger partial charge in [0, 0.05) is 23.7 Å². The van der Waals surface area contributed by atoms with Crippen LogP contribution in [0, 0.1) is 5.92 Å². The molecule has 1 N–H and O–H groups in total. The SMILES string of the molecule is CC(C)CN1C(=O)C(CC(=O)Nc2cccc(Cl)c2)SC1=Nc1ccc(OC(F)F)cc1. The maximum absolute atomic E-state index is 13.0. The van der Waals surface area contributed by atoms with E-state index in [-0.39, 0.29) is 29.9 Å². The Morgan fingerprint density at radius 3 is 2.59 bits per heavy atom. The Balaban J connectivity index is 1.73. The van der Waals surface area contributed by atoms with Gasteiger partial charge in [-0.3, -0.25) is 14.5 Å². The minimum atomic E-state index is -2.91. The van der Waals surface area contributed by atoms with Crippen LogP contribution in [0.4, 0.5) is 20.2 Å². The first-order valence-corrected chi connectivity index (χ1v) is 11.1. The molecule has 0 aromatic heterocycles. The first-order chi connectivity index (χ1) is 15.2. The summed E-state index contributed by atoms with van der Waals surface area (Å²) in [6.45, 7) is 1.50. The zero-order chi connectivity index (χ0) is 23.3. The van der Waals surface area contributed by atoms with E-state index >= 15 is 0 Å². The van der Waals surface area contributed by atoms with Crippen LogP contribution < -0.4 is 10.1 Å². The molecule has 1 aliphatic heterocycles. The Morgan fingerprint density at radius 2 is 1.97 bits per heavy atom. The molecule has 1 atom stereocenters. The van der Waals surface area contributed by atoms with Gasteiger partial charge in [0.15, 0.2) is 5.17 Å². The van der Waals surface area contributed by atoms with E-state index in [2.05, 4.69) is 15.0 Å². The number of carbonyl (C=O) groups is 2. The van der Waals surface area contributed by atoms with Gasteiger partial charge in [-0.05, 0) is 48.4 Å². The molecule has 32 heavy (non-hydrogen) atoms. The summed E-state index contributed by atoms with van der Waals surface area (Å²) in [6.07, 6.45) is -0.0230. The lowest BCUT2D eigenvalue weighted by Crippen LogP contribution is -2.36. The Morgan fingerprint density at radius 1 is 1.25 bits per heavy atom. The molecule has 0 spiro atoms. The van der Waals surface area contributed by atoms with Crippen LogP contribution in [-0.4, -0.2) is 40.3 Å². The van der Waals surface area contributed by atoms with Gasteiger partial charge in [0.05, 0.1) is 5.69 Å². The van der Waals surface area contributed by atoms with Crippen molar-refractivity contribution in [3.05, 3.63) is 53.6 Å². The van der Waals surface area contributed by atoms with Crippen LogP contribution in [0.3, 0.4) is 0 Å². The number of nitrogens with zero attached hydrogens (tertiary/aromatic N) is 2. The third kappa shape index (κ3) is 6.67. The predicted octanol–water partition coefficient (Wildman–Crippen LogP) is 5.56. The topological polar surface area (TPSA) is 71.0 Å². The summed E-state index contributed by atoms with van der Waals surface area (Å²) in [5, 5.41) is 3.09. The molecule has 170 valence electrons. The van der Waals surface area contributed by atoms with Crippen molar-refractivity contribution in [2.75, 3.05) is 11.9 Å². The number of hydrogen-bond donors (Lipinski definition) is 1. The molecule has 1 aliphatic rings. The summed E-state index contributed by atoms with van der Waals surface area (Å²) >= 11 is 7.15. The molecule has 1 saturated heterocycles. The number of amides is 2. The first-order valence-electron chi connectivity index (χ1n) is 9.88. The van der Waals surface area contributed by atoms with Crippen molar-refractivity contribution in [3.63, 3.8) is 0 Å². The molecule has 2 aromatic carbocycles. The van der Waals surface area contributed by atoms with Crippen molar-refractivity contribution in [2.24, 2.45) is 10.9 Å². The van der Waals surface area contributed by atoms with E-state index in [0.717, 1.165) is 0 Å². The summed E-state index contributed by atoms with van der Waals surface area (Å²) in [5.74, 6) is -0.294. The highest BCUT2D eigenvalue weighted by atomic mass is 35.5. The number of aliphatic imine (C=N–C) groups is 1. The average Bonchev–Trinajstić information content (AvgIpc) is 2.97. The van der Waals surface area contributed by atoms with E-state index in [0.29, 0.717) is 28.1 Å². The van der Waals surface area contributed by atoms with Crippen molar-refractivity contribution >= 4 is 51.7 Å². The van der Waals surface area contributed by atoms with Crippen LogP contribution in [0.1, 0.15) is 20.3 Å². The maximum Gasteiger partial charge on any atom is 0.387 e. The number of hydrogen-bond acceptors (Lipinski definition) is 5. The second kappa shape index (κ2) is 10.8. The van der Waals surface area contributed by atoms with Gasteiger partial charge >= 0.3 is 6.61 Å². The molecule has 6 nitrogen and oxygen atoms in total. The Hall–Kier alpha value is -2.65. The highest BCUT2D eigenvalue weighted by molar-refractivity contribution is 8.15. The fourth-order valence-electron chi connectivity index (χ4n) is 3.02. The molecule has 2 amide bonds. The second-order valence-corrected chi connectivity index (χ2v) is 9.08. The largest absolute Gasteiger partial charge is 0.435 e. The number of benzene rings is 2. The molecule has 1 unspecified atom stereocenters. The number of alkyl halides is 2. The van der Waals surface area contributed by atoms with Crippen molar-refractivity contribution in [2.45, 2.75) is 32.1 Å². The van der Waals surface area contributed by atoms with Gasteiger partial charge in [-0.15, -0.1) is 0 Å². The normalized spacial score (nSPS) is 17.5. The molecule has 10 heteroatoms. The standard InChI is InChI=1S/C22H22ClF2N3O3S/c1-13(2)12-28-20(30)18(11-19(29)26-16-5-3-4-14(23)10-16)32-22(28)27-15-6-8-17(9-7-15)31-21(24)25/h3-10,13,18,21H,11-12H2,1-2H3,(H,26,29). The highest BCUT2D eigenvalue weighted by Gasteiger charge is 2.39. The van der Waals surface area contributed by atoms with E-state index < -0.39 is 11.9 Å². The first kappa shape index (κ1) is 24.0. The van der Waals surface area contributed by atoms with Crippen LogP contribution in [0.15, 0.2) is 53.5 Å². The number of nitrogens with one attached hydrogen (secondary N) is 1. The molecule has 0 bridgehead atoms. The van der Waals surface area contributed by atoms with E-state index in [1.807, 2.05) is 13.8 Å². The van der Waals surface area contributed by atoms with Gasteiger partial charge in [0.25, 0.3) is 0 Å². The van der Waals surface area contributed by atoms with Gasteiger partial charge in [-0.2, -0.15) is 8.78 Å². The van der Waals surface area contributed by atoms with Crippen molar-refractivity contribution in [1.82, 2.24) is 4.90 Å². The number of halogens is 3. The lowest BCUT2D eigenvalue weighted by molar-refractivity contribution is -0.128. The van der Waals surface area contributed by atoms with Crippen molar-refractivity contribution < 1.29 is 23.1 Å². The molecule has 0 aliphatic carbocycles. The smallest absolute Gasteiger partial charge is 0.387 e. The number of anilines is 1. The van der Waals surface area contributed by atoms with Crippen molar-refractivity contribution in [1.29, 1.82) is 0 Å². The van der Waals surface area contributed by atoms with E-state index in [9.17, 15) is 18.4 Å². The van der Waals surface area contributed by atoms with E-state index in [4.69, 9.17) is 11.6 Å². The van der Waals surface area contributed by atoms with E-state index in [1.54, 1.807) is 29.2 Å². The van der Waals surface area contributed by atoms with Gasteiger partial charge in [-0.1, -0.05) is 43.3 Å². The maximum atomic E-state index is 13.0. The minimum absolute atomic E-state index is 0.0219. The predicted molar refractivity (Wildman–Crippen MR) is 123 cm³/mol. The number of thioether (sulfide) groups is 1. The Bertz CT molecular complexity index is 1000. The molecule has 1 fully saturated rings. The van der Waals surface area contributed by atoms with E-state index in [1.165, 1.54) is 36.0 Å². The summed E-state index contributed by atoms with van der Waals surface area (Å²) in [4.78, 5) is 31.5. The van der Waals surface area contributed by atoms with Gasteiger partial charge in [-0.25, -0.2) is 4.99 Å².